The molecular formula is C12H16O4. The standard InChI is InChI=1S/C12H16O4/c1-2-3-8-16-10-7-5-4-6-9(10)11(13)12(14)15/h4-7,11,13H,2-3,8H2,1H3,(H,14,15). The van der Waals surface area contributed by atoms with Crippen molar-refractivity contribution in [1.82, 2.24) is 0 Å². The summed E-state index contributed by atoms with van der Waals surface area (Å²) >= 11 is 0. The number of carboxylic acid groups (broad SMARTS) is 1. The van der Waals surface area contributed by atoms with Crippen molar-refractivity contribution in [2.75, 3.05) is 6.61 Å². The lowest BCUT2D eigenvalue weighted by Gasteiger charge is -2.13. The van der Waals surface area contributed by atoms with Crippen LogP contribution in [-0.2, 0) is 4.79 Å². The first-order valence-corrected chi connectivity index (χ1v) is 5.29. The molecule has 0 aliphatic heterocycles. The normalized spacial score (nSPS) is 12.1. The molecule has 0 bridgehead atoms. The van der Waals surface area contributed by atoms with Crippen LogP contribution >= 0.6 is 0 Å². The van der Waals surface area contributed by atoms with Gasteiger partial charge < -0.3 is 14.9 Å². The number of hydrogen-bond donors (Lipinski definition) is 2. The van der Waals surface area contributed by atoms with Crippen LogP contribution in [0, 0.1) is 0 Å². The molecule has 1 rings (SSSR count). The van der Waals surface area contributed by atoms with Gasteiger partial charge in [0.15, 0.2) is 6.10 Å². The molecule has 0 amide bonds. The lowest BCUT2D eigenvalue weighted by atomic mass is 10.1. The number of carboxylic acids is 1. The van der Waals surface area contributed by atoms with Crippen molar-refractivity contribution in [3.05, 3.63) is 29.8 Å². The molecule has 1 aromatic carbocycles. The number of rotatable bonds is 6. The summed E-state index contributed by atoms with van der Waals surface area (Å²) in [7, 11) is 0. The van der Waals surface area contributed by atoms with Gasteiger partial charge in [-0.3, -0.25) is 0 Å². The van der Waals surface area contributed by atoms with E-state index >= 15 is 0 Å². The van der Waals surface area contributed by atoms with Crippen LogP contribution in [0.1, 0.15) is 31.4 Å². The average molecular weight is 224 g/mol. The maximum atomic E-state index is 10.7. The zero-order valence-electron chi connectivity index (χ0n) is 9.22. The Bertz CT molecular complexity index is 349. The third-order valence-corrected chi connectivity index (χ3v) is 2.20. The quantitative estimate of drug-likeness (QED) is 0.725. The van der Waals surface area contributed by atoms with Gasteiger partial charge >= 0.3 is 5.97 Å². The van der Waals surface area contributed by atoms with Gasteiger partial charge in [0, 0.05) is 5.56 Å². The molecule has 1 aromatic rings. The van der Waals surface area contributed by atoms with Crippen molar-refractivity contribution >= 4 is 5.97 Å². The Kier molecular flexibility index (Phi) is 4.79. The zero-order valence-corrected chi connectivity index (χ0v) is 9.22. The van der Waals surface area contributed by atoms with E-state index in [2.05, 4.69) is 0 Å². The highest BCUT2D eigenvalue weighted by Gasteiger charge is 2.19. The predicted molar refractivity (Wildman–Crippen MR) is 59.4 cm³/mol. The molecule has 88 valence electrons. The van der Waals surface area contributed by atoms with Gasteiger partial charge in [-0.05, 0) is 12.5 Å². The van der Waals surface area contributed by atoms with Crippen LogP contribution in [0.2, 0.25) is 0 Å². The topological polar surface area (TPSA) is 66.8 Å². The molecule has 0 heterocycles. The molecule has 0 aliphatic rings. The average Bonchev–Trinajstić information content (AvgIpc) is 2.29. The largest absolute Gasteiger partial charge is 0.493 e. The van der Waals surface area contributed by atoms with E-state index in [0.717, 1.165) is 12.8 Å². The molecule has 0 fully saturated rings. The molecule has 0 saturated carbocycles. The van der Waals surface area contributed by atoms with E-state index in [9.17, 15) is 9.90 Å². The maximum absolute atomic E-state index is 10.7. The van der Waals surface area contributed by atoms with Crippen molar-refractivity contribution in [1.29, 1.82) is 0 Å². The van der Waals surface area contributed by atoms with E-state index in [1.807, 2.05) is 6.92 Å². The van der Waals surface area contributed by atoms with Crippen LogP contribution < -0.4 is 4.74 Å². The molecule has 0 radical (unpaired) electrons. The Hall–Kier alpha value is -1.55. The summed E-state index contributed by atoms with van der Waals surface area (Å²) in [6.45, 7) is 2.57. The van der Waals surface area contributed by atoms with Gasteiger partial charge in [-0.1, -0.05) is 31.5 Å². The highest BCUT2D eigenvalue weighted by Crippen LogP contribution is 2.25. The second-order valence-corrected chi connectivity index (χ2v) is 3.48. The molecule has 16 heavy (non-hydrogen) atoms. The third kappa shape index (κ3) is 3.24. The summed E-state index contributed by atoms with van der Waals surface area (Å²) in [5.41, 5.74) is 0.297. The number of aliphatic hydroxyl groups excluding tert-OH is 1. The van der Waals surface area contributed by atoms with Gasteiger partial charge in [0.2, 0.25) is 0 Å². The van der Waals surface area contributed by atoms with Gasteiger partial charge in [-0.15, -0.1) is 0 Å². The highest BCUT2D eigenvalue weighted by molar-refractivity contribution is 5.75. The van der Waals surface area contributed by atoms with Gasteiger partial charge in [0.25, 0.3) is 0 Å². The van der Waals surface area contributed by atoms with Crippen molar-refractivity contribution in [3.63, 3.8) is 0 Å². The van der Waals surface area contributed by atoms with E-state index in [1.165, 1.54) is 0 Å². The number of carbonyl (C=O) groups is 1. The Morgan fingerprint density at radius 3 is 2.75 bits per heavy atom. The number of benzene rings is 1. The second kappa shape index (κ2) is 6.12. The van der Waals surface area contributed by atoms with E-state index < -0.39 is 12.1 Å². The van der Waals surface area contributed by atoms with Gasteiger partial charge in [-0.25, -0.2) is 4.79 Å². The fourth-order valence-corrected chi connectivity index (χ4v) is 1.30. The van der Waals surface area contributed by atoms with Crippen molar-refractivity contribution in [2.24, 2.45) is 0 Å². The first-order valence-electron chi connectivity index (χ1n) is 5.29. The zero-order chi connectivity index (χ0) is 12.0. The highest BCUT2D eigenvalue weighted by atomic mass is 16.5. The van der Waals surface area contributed by atoms with Gasteiger partial charge in [0.1, 0.15) is 5.75 Å². The number of para-hydroxylation sites is 1. The minimum absolute atomic E-state index is 0.297. The molecule has 0 aromatic heterocycles. The minimum Gasteiger partial charge on any atom is -0.493 e. The predicted octanol–water partition coefficient (Wildman–Crippen LogP) is 1.98. The van der Waals surface area contributed by atoms with E-state index in [4.69, 9.17) is 9.84 Å². The molecule has 0 saturated heterocycles. The molecule has 0 aliphatic carbocycles. The minimum atomic E-state index is -1.53. The third-order valence-electron chi connectivity index (χ3n) is 2.20. The number of ether oxygens (including phenoxy) is 1. The Labute approximate surface area is 94.5 Å². The molecule has 4 heteroatoms. The van der Waals surface area contributed by atoms with Crippen molar-refractivity contribution in [2.45, 2.75) is 25.9 Å². The first-order chi connectivity index (χ1) is 7.66. The number of aliphatic carboxylic acids is 1. The molecule has 4 nitrogen and oxygen atoms in total. The summed E-state index contributed by atoms with van der Waals surface area (Å²) in [5.74, 6) is -0.836. The van der Waals surface area contributed by atoms with Crippen LogP contribution in [-0.4, -0.2) is 22.8 Å². The first kappa shape index (κ1) is 12.5. The summed E-state index contributed by atoms with van der Waals surface area (Å²) < 4.78 is 5.43. The van der Waals surface area contributed by atoms with Crippen molar-refractivity contribution < 1.29 is 19.7 Å². The fraction of sp³-hybridized carbons (Fsp3) is 0.417. The van der Waals surface area contributed by atoms with E-state index in [1.54, 1.807) is 24.3 Å². The van der Waals surface area contributed by atoms with Gasteiger partial charge in [0.05, 0.1) is 6.61 Å². The molecule has 2 N–H and O–H groups in total. The summed E-state index contributed by atoms with van der Waals surface area (Å²) in [6, 6.07) is 6.64. The van der Waals surface area contributed by atoms with Crippen LogP contribution in [0.15, 0.2) is 24.3 Å². The summed E-state index contributed by atoms with van der Waals surface area (Å²) in [6.07, 6.45) is 0.374. The Morgan fingerprint density at radius 1 is 1.44 bits per heavy atom. The van der Waals surface area contributed by atoms with E-state index in [-0.39, 0.29) is 0 Å². The SMILES string of the molecule is CCCCOc1ccccc1C(O)C(=O)O. The molecule has 1 unspecified atom stereocenters. The number of unbranched alkanes of at least 4 members (excludes halogenated alkanes) is 1. The molecule has 1 atom stereocenters. The van der Waals surface area contributed by atoms with Crippen molar-refractivity contribution in [3.8, 4) is 5.75 Å². The molecule has 0 spiro atoms. The monoisotopic (exact) mass is 224 g/mol. The van der Waals surface area contributed by atoms with Gasteiger partial charge in [-0.2, -0.15) is 0 Å². The number of hydrogen-bond acceptors (Lipinski definition) is 3. The summed E-state index contributed by atoms with van der Waals surface area (Å²) in [4.78, 5) is 10.7. The van der Waals surface area contributed by atoms with Crippen LogP contribution in [0.4, 0.5) is 0 Å². The van der Waals surface area contributed by atoms with Crippen LogP contribution in [0.5, 0.6) is 5.75 Å². The lowest BCUT2D eigenvalue weighted by Crippen LogP contribution is -2.12. The van der Waals surface area contributed by atoms with Crippen LogP contribution in [0.25, 0.3) is 0 Å². The Balaban J connectivity index is 2.79. The van der Waals surface area contributed by atoms with Crippen LogP contribution in [0.3, 0.4) is 0 Å². The maximum Gasteiger partial charge on any atom is 0.337 e. The lowest BCUT2D eigenvalue weighted by molar-refractivity contribution is -0.147. The molecular weight excluding hydrogens is 208 g/mol. The fourth-order valence-electron chi connectivity index (χ4n) is 1.30. The van der Waals surface area contributed by atoms with E-state index in [0.29, 0.717) is 17.9 Å². The number of aliphatic hydroxyl groups is 1. The summed E-state index contributed by atoms with van der Waals surface area (Å²) in [5, 5.41) is 18.2. The second-order valence-electron chi connectivity index (χ2n) is 3.48. The smallest absolute Gasteiger partial charge is 0.337 e. The Morgan fingerprint density at radius 2 is 2.12 bits per heavy atom.